The molecule has 0 aromatic heterocycles. The lowest BCUT2D eigenvalue weighted by atomic mass is 10.3. The number of nitrogens with two attached hydrogens (primary N) is 1. The highest BCUT2D eigenvalue weighted by molar-refractivity contribution is 5.47. The summed E-state index contributed by atoms with van der Waals surface area (Å²) in [7, 11) is 0. The van der Waals surface area contributed by atoms with E-state index in [1.54, 1.807) is 6.92 Å². The van der Waals surface area contributed by atoms with Gasteiger partial charge < -0.3 is 10.2 Å². The molecule has 1 aromatic rings. The number of halogens is 1. The van der Waals surface area contributed by atoms with Gasteiger partial charge in [-0.25, -0.2) is 4.39 Å². The average molecular weight is 170 g/mol. The lowest BCUT2D eigenvalue weighted by Gasteiger charge is -2.06. The lowest BCUT2D eigenvalue weighted by Crippen LogP contribution is -2.07. The summed E-state index contributed by atoms with van der Waals surface area (Å²) < 4.78 is 17.9. The highest BCUT2D eigenvalue weighted by Crippen LogP contribution is 2.20. The van der Waals surface area contributed by atoms with Crippen molar-refractivity contribution in [2.45, 2.75) is 6.92 Å². The van der Waals surface area contributed by atoms with Gasteiger partial charge in [-0.05, 0) is 19.1 Å². The smallest absolute Gasteiger partial charge is 0.165 e. The predicted molar refractivity (Wildman–Crippen MR) is 45.4 cm³/mol. The minimum Gasteiger partial charge on any atom is -0.491 e. The topological polar surface area (TPSA) is 47.3 Å². The first-order valence-corrected chi connectivity index (χ1v) is 3.67. The second-order valence-corrected chi connectivity index (χ2v) is 2.22. The van der Waals surface area contributed by atoms with Crippen LogP contribution in [0, 0.1) is 5.82 Å². The Kier molecular flexibility index (Phi) is 2.88. The molecule has 1 aromatic carbocycles. The van der Waals surface area contributed by atoms with Gasteiger partial charge in [-0.3, -0.25) is 5.84 Å². The third-order valence-electron chi connectivity index (χ3n) is 1.40. The molecule has 3 N–H and O–H groups in total. The van der Waals surface area contributed by atoms with Crippen LogP contribution in [0.4, 0.5) is 10.1 Å². The Morgan fingerprint density at radius 2 is 2.33 bits per heavy atom. The largest absolute Gasteiger partial charge is 0.491 e. The summed E-state index contributed by atoms with van der Waals surface area (Å²) in [6.45, 7) is 2.23. The van der Waals surface area contributed by atoms with Crippen molar-refractivity contribution >= 4 is 5.69 Å². The fraction of sp³-hybridized carbons (Fsp3) is 0.250. The molecule has 0 radical (unpaired) electrons. The van der Waals surface area contributed by atoms with E-state index in [-0.39, 0.29) is 11.6 Å². The van der Waals surface area contributed by atoms with E-state index < -0.39 is 0 Å². The number of benzene rings is 1. The van der Waals surface area contributed by atoms with Crippen LogP contribution >= 0.6 is 0 Å². The third kappa shape index (κ3) is 1.85. The summed E-state index contributed by atoms with van der Waals surface area (Å²) in [6, 6.07) is 4.36. The van der Waals surface area contributed by atoms with E-state index in [1.807, 2.05) is 0 Å². The molecule has 0 aliphatic rings. The lowest BCUT2D eigenvalue weighted by molar-refractivity contribution is 0.322. The molecule has 0 saturated heterocycles. The predicted octanol–water partition coefficient (Wildman–Crippen LogP) is 1.51. The van der Waals surface area contributed by atoms with Crippen LogP contribution in [-0.2, 0) is 0 Å². The first kappa shape index (κ1) is 8.80. The number of hydrogen-bond acceptors (Lipinski definition) is 3. The zero-order valence-corrected chi connectivity index (χ0v) is 6.80. The van der Waals surface area contributed by atoms with Crippen molar-refractivity contribution in [2.75, 3.05) is 12.0 Å². The summed E-state index contributed by atoms with van der Waals surface area (Å²) in [5.41, 5.74) is 3.03. The van der Waals surface area contributed by atoms with Crippen LogP contribution in [0.1, 0.15) is 6.92 Å². The molecule has 0 unspecified atom stereocenters. The molecule has 66 valence electrons. The van der Waals surface area contributed by atoms with Crippen molar-refractivity contribution in [3.63, 3.8) is 0 Å². The van der Waals surface area contributed by atoms with Crippen LogP contribution < -0.4 is 16.0 Å². The fourth-order valence-electron chi connectivity index (χ4n) is 0.859. The maximum atomic E-state index is 12.9. The van der Waals surface area contributed by atoms with Crippen molar-refractivity contribution in [1.82, 2.24) is 0 Å². The van der Waals surface area contributed by atoms with Crippen molar-refractivity contribution < 1.29 is 9.13 Å². The molecule has 0 aliphatic carbocycles. The Labute approximate surface area is 70.3 Å². The molecule has 0 fully saturated rings. The van der Waals surface area contributed by atoms with E-state index >= 15 is 0 Å². The van der Waals surface area contributed by atoms with Crippen molar-refractivity contribution in [3.8, 4) is 5.75 Å². The summed E-state index contributed by atoms with van der Waals surface area (Å²) >= 11 is 0. The Bertz CT molecular complexity index is 265. The highest BCUT2D eigenvalue weighted by Gasteiger charge is 2.02. The first-order valence-electron chi connectivity index (χ1n) is 3.67. The van der Waals surface area contributed by atoms with E-state index in [1.165, 1.54) is 18.2 Å². The zero-order valence-electron chi connectivity index (χ0n) is 6.80. The molecular weight excluding hydrogens is 159 g/mol. The van der Waals surface area contributed by atoms with E-state index in [9.17, 15) is 4.39 Å². The van der Waals surface area contributed by atoms with Crippen molar-refractivity contribution in [3.05, 3.63) is 24.0 Å². The molecule has 0 saturated carbocycles. The van der Waals surface area contributed by atoms with Gasteiger partial charge in [0.2, 0.25) is 0 Å². The molecule has 3 nitrogen and oxygen atoms in total. The fourth-order valence-corrected chi connectivity index (χ4v) is 0.859. The van der Waals surface area contributed by atoms with Gasteiger partial charge in [0.15, 0.2) is 11.6 Å². The van der Waals surface area contributed by atoms with E-state index in [4.69, 9.17) is 10.6 Å². The number of nitrogens with one attached hydrogen (secondary N) is 1. The minimum atomic E-state index is -0.379. The van der Waals surface area contributed by atoms with E-state index in [0.29, 0.717) is 12.3 Å². The number of nitrogen functional groups attached to an aromatic ring is 1. The highest BCUT2D eigenvalue weighted by atomic mass is 19.1. The van der Waals surface area contributed by atoms with Gasteiger partial charge in [0.1, 0.15) is 0 Å². The number of anilines is 1. The third-order valence-corrected chi connectivity index (χ3v) is 1.40. The molecule has 0 heterocycles. The summed E-state index contributed by atoms with van der Waals surface area (Å²) in [6.07, 6.45) is 0. The van der Waals surface area contributed by atoms with Crippen LogP contribution in [-0.4, -0.2) is 6.61 Å². The average Bonchev–Trinajstić information content (AvgIpc) is 2.09. The minimum absolute atomic E-state index is 0.216. The van der Waals surface area contributed by atoms with E-state index in [2.05, 4.69) is 5.43 Å². The standard InChI is InChI=1S/C8H11FN2O/c1-2-12-8-5-6(11-10)3-4-7(8)9/h3-5,11H,2,10H2,1H3. The normalized spacial score (nSPS) is 9.58. The second-order valence-electron chi connectivity index (χ2n) is 2.22. The monoisotopic (exact) mass is 170 g/mol. The van der Waals surface area contributed by atoms with Gasteiger partial charge in [-0.2, -0.15) is 0 Å². The first-order chi connectivity index (χ1) is 5.77. The van der Waals surface area contributed by atoms with Crippen LogP contribution in [0.25, 0.3) is 0 Å². The van der Waals surface area contributed by atoms with Gasteiger partial charge >= 0.3 is 0 Å². The SMILES string of the molecule is CCOc1cc(NN)ccc1F. The van der Waals surface area contributed by atoms with Crippen LogP contribution in [0.5, 0.6) is 5.75 Å². The maximum Gasteiger partial charge on any atom is 0.165 e. The van der Waals surface area contributed by atoms with Crippen LogP contribution in [0.15, 0.2) is 18.2 Å². The summed E-state index contributed by atoms with van der Waals surface area (Å²) in [5.74, 6) is 4.97. The molecule has 0 spiro atoms. The number of rotatable bonds is 3. The van der Waals surface area contributed by atoms with Crippen LogP contribution in [0.2, 0.25) is 0 Å². The maximum absolute atomic E-state index is 12.9. The Balaban J connectivity index is 2.91. The van der Waals surface area contributed by atoms with Gasteiger partial charge in [0, 0.05) is 6.07 Å². The van der Waals surface area contributed by atoms with E-state index in [0.717, 1.165) is 0 Å². The molecule has 4 heteroatoms. The summed E-state index contributed by atoms with van der Waals surface area (Å²) in [4.78, 5) is 0. The molecule has 12 heavy (non-hydrogen) atoms. The van der Waals surface area contributed by atoms with Gasteiger partial charge in [0.25, 0.3) is 0 Å². The molecule has 0 aliphatic heterocycles. The second kappa shape index (κ2) is 3.92. The molecular formula is C8H11FN2O. The van der Waals surface area contributed by atoms with Crippen molar-refractivity contribution in [2.24, 2.45) is 5.84 Å². The van der Waals surface area contributed by atoms with Crippen molar-refractivity contribution in [1.29, 1.82) is 0 Å². The quantitative estimate of drug-likeness (QED) is 0.534. The molecule has 0 amide bonds. The van der Waals surface area contributed by atoms with Crippen LogP contribution in [0.3, 0.4) is 0 Å². The number of hydrazine groups is 1. The summed E-state index contributed by atoms with van der Waals surface area (Å²) in [5, 5.41) is 0. The number of hydrogen-bond donors (Lipinski definition) is 2. The molecule has 0 atom stereocenters. The zero-order chi connectivity index (χ0) is 8.97. The van der Waals surface area contributed by atoms with Gasteiger partial charge in [-0.1, -0.05) is 0 Å². The number of ether oxygens (including phenoxy) is 1. The molecule has 1 rings (SSSR count). The molecule has 0 bridgehead atoms. The Hall–Kier alpha value is -1.29. The Morgan fingerprint density at radius 3 is 2.92 bits per heavy atom. The Morgan fingerprint density at radius 1 is 1.58 bits per heavy atom. The van der Waals surface area contributed by atoms with Gasteiger partial charge in [-0.15, -0.1) is 0 Å². The van der Waals surface area contributed by atoms with Gasteiger partial charge in [0.05, 0.1) is 12.3 Å².